The van der Waals surface area contributed by atoms with Crippen LogP contribution in [0.2, 0.25) is 0 Å². The minimum absolute atomic E-state index is 0.439. The Kier molecular flexibility index (Phi) is 4.96. The first-order valence-electron chi connectivity index (χ1n) is 10.9. The molecular formula is C24H30N2O3. The molecule has 1 aliphatic carbocycles. The van der Waals surface area contributed by atoms with Crippen molar-refractivity contribution in [2.45, 2.75) is 63.9 Å². The number of benzene rings is 1. The number of fused-ring (bicyclic) bond motifs is 1. The molecule has 1 aromatic carbocycles. The number of aromatic nitrogens is 1. The summed E-state index contributed by atoms with van der Waals surface area (Å²) in [6.45, 7) is 4.92. The molecule has 1 spiro atoms. The van der Waals surface area contributed by atoms with Gasteiger partial charge in [0.2, 0.25) is 11.7 Å². The Morgan fingerprint density at radius 2 is 2.03 bits per heavy atom. The van der Waals surface area contributed by atoms with Crippen LogP contribution < -0.4 is 9.47 Å². The lowest BCUT2D eigenvalue weighted by Crippen LogP contribution is -2.54. The van der Waals surface area contributed by atoms with Gasteiger partial charge in [0.15, 0.2) is 0 Å². The standard InChI is InChI=1S/C24H30N2O3/c1-3-17-14-23(27-2)25-15-21(17)18-7-8-22-19(13-18)16-28-24(29-22)9-11-26(12-10-24)20-5-4-6-20/h7-8,13-15,20H,3-6,9-12,16H2,1-2H3. The molecule has 1 saturated heterocycles. The van der Waals surface area contributed by atoms with Crippen molar-refractivity contribution in [3.63, 3.8) is 0 Å². The lowest BCUT2D eigenvalue weighted by molar-refractivity contribution is -0.231. The summed E-state index contributed by atoms with van der Waals surface area (Å²) in [5.41, 5.74) is 4.64. The topological polar surface area (TPSA) is 43.8 Å². The maximum Gasteiger partial charge on any atom is 0.213 e. The van der Waals surface area contributed by atoms with E-state index in [0.717, 1.165) is 60.8 Å². The first-order valence-corrected chi connectivity index (χ1v) is 10.9. The minimum atomic E-state index is -0.439. The number of likely N-dealkylation sites (tertiary alicyclic amines) is 1. The van der Waals surface area contributed by atoms with Gasteiger partial charge in [0.05, 0.1) is 13.7 Å². The van der Waals surface area contributed by atoms with Crippen LogP contribution in [0.3, 0.4) is 0 Å². The van der Waals surface area contributed by atoms with Crippen LogP contribution in [0.25, 0.3) is 11.1 Å². The highest BCUT2D eigenvalue weighted by Gasteiger charge is 2.42. The van der Waals surface area contributed by atoms with Gasteiger partial charge in [0, 0.05) is 55.4 Å². The van der Waals surface area contributed by atoms with E-state index in [1.807, 2.05) is 12.3 Å². The van der Waals surface area contributed by atoms with Crippen molar-refractivity contribution < 1.29 is 14.2 Å². The molecule has 0 N–H and O–H groups in total. The molecule has 3 heterocycles. The normalized spacial score (nSPS) is 21.3. The summed E-state index contributed by atoms with van der Waals surface area (Å²) < 4.78 is 18.0. The van der Waals surface area contributed by atoms with Crippen LogP contribution in [-0.4, -0.2) is 41.9 Å². The third-order valence-electron chi connectivity index (χ3n) is 6.86. The fourth-order valence-electron chi connectivity index (χ4n) is 4.77. The Labute approximate surface area is 173 Å². The lowest BCUT2D eigenvalue weighted by Gasteiger charge is -2.47. The molecule has 2 aliphatic heterocycles. The second-order valence-corrected chi connectivity index (χ2v) is 8.48. The highest BCUT2D eigenvalue weighted by atomic mass is 16.7. The summed E-state index contributed by atoms with van der Waals surface area (Å²) in [4.78, 5) is 7.03. The summed E-state index contributed by atoms with van der Waals surface area (Å²) in [6, 6.07) is 9.26. The van der Waals surface area contributed by atoms with Crippen molar-refractivity contribution in [3.8, 4) is 22.8 Å². The molecule has 0 unspecified atom stereocenters. The fourth-order valence-corrected chi connectivity index (χ4v) is 4.77. The quantitative estimate of drug-likeness (QED) is 0.760. The summed E-state index contributed by atoms with van der Waals surface area (Å²) >= 11 is 0. The third-order valence-corrected chi connectivity index (χ3v) is 6.86. The van der Waals surface area contributed by atoms with Crippen molar-refractivity contribution in [2.75, 3.05) is 20.2 Å². The van der Waals surface area contributed by atoms with E-state index < -0.39 is 5.79 Å². The number of aryl methyl sites for hydroxylation is 1. The third kappa shape index (κ3) is 3.51. The van der Waals surface area contributed by atoms with Gasteiger partial charge in [-0.2, -0.15) is 0 Å². The molecule has 3 aliphatic rings. The first kappa shape index (κ1) is 18.9. The molecule has 0 atom stereocenters. The van der Waals surface area contributed by atoms with Gasteiger partial charge in [-0.25, -0.2) is 4.98 Å². The molecule has 2 aromatic rings. The highest BCUT2D eigenvalue weighted by Crippen LogP contribution is 2.41. The van der Waals surface area contributed by atoms with E-state index in [0.29, 0.717) is 12.5 Å². The summed E-state index contributed by atoms with van der Waals surface area (Å²) in [5, 5.41) is 0. The molecule has 1 aromatic heterocycles. The molecule has 5 nitrogen and oxygen atoms in total. The predicted molar refractivity (Wildman–Crippen MR) is 112 cm³/mol. The Morgan fingerprint density at radius 3 is 2.72 bits per heavy atom. The molecule has 1 saturated carbocycles. The largest absolute Gasteiger partial charge is 0.481 e. The number of nitrogens with zero attached hydrogens (tertiary/aromatic N) is 2. The maximum atomic E-state index is 6.44. The highest BCUT2D eigenvalue weighted by molar-refractivity contribution is 5.69. The van der Waals surface area contributed by atoms with Crippen molar-refractivity contribution in [3.05, 3.63) is 41.6 Å². The van der Waals surface area contributed by atoms with Gasteiger partial charge in [-0.1, -0.05) is 19.4 Å². The molecule has 29 heavy (non-hydrogen) atoms. The number of pyridine rings is 1. The van der Waals surface area contributed by atoms with Gasteiger partial charge >= 0.3 is 0 Å². The second kappa shape index (κ2) is 7.62. The van der Waals surface area contributed by atoms with Crippen molar-refractivity contribution in [2.24, 2.45) is 0 Å². The van der Waals surface area contributed by atoms with E-state index in [1.54, 1.807) is 7.11 Å². The van der Waals surface area contributed by atoms with Gasteiger partial charge in [0.1, 0.15) is 5.75 Å². The van der Waals surface area contributed by atoms with Crippen molar-refractivity contribution in [1.82, 2.24) is 9.88 Å². The van der Waals surface area contributed by atoms with Gasteiger partial charge in [-0.05, 0) is 42.5 Å². The first-order chi connectivity index (χ1) is 14.2. The molecule has 0 bridgehead atoms. The zero-order chi connectivity index (χ0) is 19.8. The predicted octanol–water partition coefficient (Wildman–Crippen LogP) is 4.57. The number of rotatable bonds is 4. The zero-order valence-electron chi connectivity index (χ0n) is 17.4. The molecular weight excluding hydrogens is 364 g/mol. The zero-order valence-corrected chi connectivity index (χ0v) is 17.4. The van der Waals surface area contributed by atoms with Gasteiger partial charge in [-0.15, -0.1) is 0 Å². The molecule has 5 heteroatoms. The van der Waals surface area contributed by atoms with Crippen molar-refractivity contribution in [1.29, 1.82) is 0 Å². The van der Waals surface area contributed by atoms with Crippen LogP contribution in [0.4, 0.5) is 0 Å². The Hall–Kier alpha value is -2.11. The molecule has 154 valence electrons. The van der Waals surface area contributed by atoms with Gasteiger partial charge in [-0.3, -0.25) is 4.90 Å². The van der Waals surface area contributed by atoms with Crippen LogP contribution in [0, 0.1) is 0 Å². The lowest BCUT2D eigenvalue weighted by atomic mass is 9.89. The minimum Gasteiger partial charge on any atom is -0.481 e. The maximum absolute atomic E-state index is 6.44. The van der Waals surface area contributed by atoms with Crippen LogP contribution in [0.5, 0.6) is 11.6 Å². The van der Waals surface area contributed by atoms with Crippen molar-refractivity contribution >= 4 is 0 Å². The number of hydrogen-bond acceptors (Lipinski definition) is 5. The second-order valence-electron chi connectivity index (χ2n) is 8.48. The summed E-state index contributed by atoms with van der Waals surface area (Å²) in [7, 11) is 1.65. The van der Waals surface area contributed by atoms with E-state index in [2.05, 4.69) is 35.0 Å². The van der Waals surface area contributed by atoms with E-state index in [4.69, 9.17) is 14.2 Å². The van der Waals surface area contributed by atoms with E-state index in [1.165, 1.54) is 24.8 Å². The summed E-state index contributed by atoms with van der Waals surface area (Å²) in [5.74, 6) is 1.19. The number of ether oxygens (including phenoxy) is 3. The number of methoxy groups -OCH3 is 1. The summed E-state index contributed by atoms with van der Waals surface area (Å²) in [6.07, 6.45) is 8.85. The monoisotopic (exact) mass is 394 g/mol. The van der Waals surface area contributed by atoms with E-state index in [9.17, 15) is 0 Å². The smallest absolute Gasteiger partial charge is 0.213 e. The Morgan fingerprint density at radius 1 is 1.21 bits per heavy atom. The Balaban J connectivity index is 1.34. The number of piperidine rings is 1. The number of hydrogen-bond donors (Lipinski definition) is 0. The van der Waals surface area contributed by atoms with Gasteiger partial charge < -0.3 is 14.2 Å². The van der Waals surface area contributed by atoms with E-state index in [-0.39, 0.29) is 0 Å². The van der Waals surface area contributed by atoms with Gasteiger partial charge in [0.25, 0.3) is 0 Å². The van der Waals surface area contributed by atoms with Crippen LogP contribution >= 0.6 is 0 Å². The average molecular weight is 395 g/mol. The molecule has 2 fully saturated rings. The van der Waals surface area contributed by atoms with Crippen LogP contribution in [0.15, 0.2) is 30.5 Å². The Bertz CT molecular complexity index is 886. The molecule has 0 radical (unpaired) electrons. The van der Waals surface area contributed by atoms with Crippen LogP contribution in [0.1, 0.15) is 50.2 Å². The average Bonchev–Trinajstić information content (AvgIpc) is 2.73. The molecule has 0 amide bonds. The molecule has 5 rings (SSSR count). The van der Waals surface area contributed by atoms with E-state index >= 15 is 0 Å². The van der Waals surface area contributed by atoms with Crippen LogP contribution in [-0.2, 0) is 17.8 Å². The fraction of sp³-hybridized carbons (Fsp3) is 0.542. The SMILES string of the molecule is CCc1cc(OC)ncc1-c1ccc2c(c1)COC1(CCN(C3CCC3)CC1)O2.